The van der Waals surface area contributed by atoms with Gasteiger partial charge in [-0.25, -0.2) is 0 Å². The molecule has 1 aromatic carbocycles. The van der Waals surface area contributed by atoms with Gasteiger partial charge in [0.15, 0.2) is 0 Å². The summed E-state index contributed by atoms with van der Waals surface area (Å²) in [5.41, 5.74) is 1.81. The maximum absolute atomic E-state index is 13.3. The van der Waals surface area contributed by atoms with Gasteiger partial charge in [0.1, 0.15) is 0 Å². The zero-order valence-electron chi connectivity index (χ0n) is 16.2. The number of pyridine rings is 1. The van der Waals surface area contributed by atoms with Crippen molar-refractivity contribution in [3.8, 4) is 0 Å². The van der Waals surface area contributed by atoms with E-state index in [9.17, 15) is 9.59 Å². The highest BCUT2D eigenvalue weighted by Gasteiger charge is 2.49. The zero-order valence-corrected chi connectivity index (χ0v) is 16.2. The van der Waals surface area contributed by atoms with Crippen molar-refractivity contribution in [1.82, 2.24) is 14.8 Å². The summed E-state index contributed by atoms with van der Waals surface area (Å²) >= 11 is 0. The quantitative estimate of drug-likeness (QED) is 0.805. The van der Waals surface area contributed by atoms with Crippen LogP contribution in [0.1, 0.15) is 30.4 Å². The maximum Gasteiger partial charge on any atom is 0.230 e. The lowest BCUT2D eigenvalue weighted by Gasteiger charge is -2.39. The molecule has 146 valence electrons. The Morgan fingerprint density at radius 1 is 1.04 bits per heavy atom. The molecule has 1 spiro atoms. The highest BCUT2D eigenvalue weighted by atomic mass is 16.2. The SMILES string of the molecule is O=C(Cc1cccnc1)N1CC[C@@]2(CCCN(CCc3ccccc3)C2=O)C1. The van der Waals surface area contributed by atoms with Crippen LogP contribution in [0.15, 0.2) is 54.9 Å². The number of hydrogen-bond donors (Lipinski definition) is 0. The van der Waals surface area contributed by atoms with E-state index < -0.39 is 0 Å². The average Bonchev–Trinajstić information content (AvgIpc) is 3.16. The Balaban J connectivity index is 1.37. The number of rotatable bonds is 5. The number of nitrogens with zero attached hydrogens (tertiary/aromatic N) is 3. The van der Waals surface area contributed by atoms with E-state index in [2.05, 4.69) is 17.1 Å². The Kier molecular flexibility index (Phi) is 5.42. The summed E-state index contributed by atoms with van der Waals surface area (Å²) < 4.78 is 0. The third-order valence-electron chi connectivity index (χ3n) is 6.12. The molecule has 2 aliphatic rings. The van der Waals surface area contributed by atoms with Gasteiger partial charge in [-0.15, -0.1) is 0 Å². The van der Waals surface area contributed by atoms with Crippen molar-refractivity contribution in [1.29, 1.82) is 0 Å². The molecule has 4 rings (SSSR count). The number of hydrogen-bond acceptors (Lipinski definition) is 3. The van der Waals surface area contributed by atoms with E-state index in [0.29, 0.717) is 19.5 Å². The second-order valence-electron chi connectivity index (χ2n) is 8.02. The molecular weight excluding hydrogens is 350 g/mol. The van der Waals surface area contributed by atoms with Crippen LogP contribution in [0, 0.1) is 5.41 Å². The van der Waals surface area contributed by atoms with E-state index >= 15 is 0 Å². The molecule has 0 aliphatic carbocycles. The molecule has 2 aliphatic heterocycles. The van der Waals surface area contributed by atoms with Gasteiger partial charge in [0.25, 0.3) is 0 Å². The largest absolute Gasteiger partial charge is 0.342 e. The van der Waals surface area contributed by atoms with Gasteiger partial charge in [-0.2, -0.15) is 0 Å². The minimum Gasteiger partial charge on any atom is -0.342 e. The van der Waals surface area contributed by atoms with E-state index in [1.165, 1.54) is 5.56 Å². The summed E-state index contributed by atoms with van der Waals surface area (Å²) in [6.45, 7) is 2.83. The molecule has 0 saturated carbocycles. The Morgan fingerprint density at radius 2 is 1.86 bits per heavy atom. The van der Waals surface area contributed by atoms with Crippen LogP contribution in [0.4, 0.5) is 0 Å². The van der Waals surface area contributed by atoms with E-state index in [1.807, 2.05) is 40.1 Å². The Morgan fingerprint density at radius 3 is 2.64 bits per heavy atom. The molecule has 5 heteroatoms. The molecule has 1 atom stereocenters. The molecule has 2 amide bonds. The van der Waals surface area contributed by atoms with Crippen LogP contribution in [0.2, 0.25) is 0 Å². The molecule has 0 N–H and O–H groups in total. The molecule has 3 heterocycles. The first-order chi connectivity index (χ1) is 13.7. The fourth-order valence-electron chi connectivity index (χ4n) is 4.53. The van der Waals surface area contributed by atoms with Crippen molar-refractivity contribution in [2.45, 2.75) is 32.1 Å². The lowest BCUT2D eigenvalue weighted by atomic mass is 9.78. The first kappa shape index (κ1) is 18.7. The van der Waals surface area contributed by atoms with Crippen LogP contribution < -0.4 is 0 Å². The van der Waals surface area contributed by atoms with Crippen LogP contribution in [-0.4, -0.2) is 52.8 Å². The van der Waals surface area contributed by atoms with Gasteiger partial charge in [-0.3, -0.25) is 14.6 Å². The van der Waals surface area contributed by atoms with Crippen molar-refractivity contribution in [2.24, 2.45) is 5.41 Å². The molecule has 0 unspecified atom stereocenters. The predicted octanol–water partition coefficient (Wildman–Crippen LogP) is 2.71. The summed E-state index contributed by atoms with van der Waals surface area (Å²) in [7, 11) is 0. The second-order valence-corrected chi connectivity index (χ2v) is 8.02. The number of aromatic nitrogens is 1. The number of amides is 2. The Labute approximate surface area is 166 Å². The van der Waals surface area contributed by atoms with Crippen molar-refractivity contribution < 1.29 is 9.59 Å². The maximum atomic E-state index is 13.3. The lowest BCUT2D eigenvalue weighted by molar-refractivity contribution is -0.146. The van der Waals surface area contributed by atoms with Gasteiger partial charge in [-0.05, 0) is 42.9 Å². The van der Waals surface area contributed by atoms with Crippen LogP contribution in [-0.2, 0) is 22.4 Å². The highest BCUT2D eigenvalue weighted by molar-refractivity contribution is 5.86. The normalized spacial score (nSPS) is 22.1. The van der Waals surface area contributed by atoms with E-state index in [0.717, 1.165) is 44.3 Å². The fraction of sp³-hybridized carbons (Fsp3) is 0.435. The summed E-state index contributed by atoms with van der Waals surface area (Å²) in [6, 6.07) is 14.1. The highest BCUT2D eigenvalue weighted by Crippen LogP contribution is 2.40. The first-order valence-electron chi connectivity index (χ1n) is 10.2. The molecule has 2 fully saturated rings. The third kappa shape index (κ3) is 3.93. The van der Waals surface area contributed by atoms with Crippen LogP contribution in [0.25, 0.3) is 0 Å². The molecule has 0 bridgehead atoms. The molecule has 2 aromatic rings. The predicted molar refractivity (Wildman–Crippen MR) is 108 cm³/mol. The number of carbonyl (C=O) groups excluding carboxylic acids is 2. The summed E-state index contributed by atoms with van der Waals surface area (Å²) in [4.78, 5) is 34.0. The number of piperidine rings is 1. The van der Waals surface area contributed by atoms with Gasteiger partial charge in [0.05, 0.1) is 11.8 Å². The number of benzene rings is 1. The van der Waals surface area contributed by atoms with Gasteiger partial charge < -0.3 is 9.80 Å². The van der Waals surface area contributed by atoms with Gasteiger partial charge >= 0.3 is 0 Å². The molecule has 5 nitrogen and oxygen atoms in total. The topological polar surface area (TPSA) is 53.5 Å². The fourth-order valence-corrected chi connectivity index (χ4v) is 4.53. The van der Waals surface area contributed by atoms with E-state index in [4.69, 9.17) is 0 Å². The third-order valence-corrected chi connectivity index (χ3v) is 6.12. The zero-order chi connectivity index (χ0) is 19.4. The summed E-state index contributed by atoms with van der Waals surface area (Å²) in [5, 5.41) is 0. The monoisotopic (exact) mass is 377 g/mol. The molecule has 28 heavy (non-hydrogen) atoms. The Bertz CT molecular complexity index is 824. The van der Waals surface area contributed by atoms with E-state index in [1.54, 1.807) is 12.4 Å². The van der Waals surface area contributed by atoms with Crippen molar-refractivity contribution >= 4 is 11.8 Å². The van der Waals surface area contributed by atoms with Crippen molar-refractivity contribution in [3.63, 3.8) is 0 Å². The lowest BCUT2D eigenvalue weighted by Crippen LogP contribution is -2.51. The van der Waals surface area contributed by atoms with Crippen molar-refractivity contribution in [3.05, 3.63) is 66.0 Å². The molecule has 0 radical (unpaired) electrons. The van der Waals surface area contributed by atoms with Crippen LogP contribution in [0.5, 0.6) is 0 Å². The Hall–Kier alpha value is -2.69. The molecular formula is C23H27N3O2. The average molecular weight is 377 g/mol. The summed E-state index contributed by atoms with van der Waals surface area (Å²) in [6.07, 6.45) is 7.38. The minimum absolute atomic E-state index is 0.0964. The first-order valence-corrected chi connectivity index (χ1v) is 10.2. The van der Waals surface area contributed by atoms with Crippen molar-refractivity contribution in [2.75, 3.05) is 26.2 Å². The van der Waals surface area contributed by atoms with Crippen LogP contribution >= 0.6 is 0 Å². The number of carbonyl (C=O) groups is 2. The molecule has 2 saturated heterocycles. The van der Waals surface area contributed by atoms with E-state index in [-0.39, 0.29) is 17.2 Å². The second kappa shape index (κ2) is 8.13. The van der Waals surface area contributed by atoms with Gasteiger partial charge in [0.2, 0.25) is 11.8 Å². The summed E-state index contributed by atoms with van der Waals surface area (Å²) in [5.74, 6) is 0.338. The standard InChI is InChI=1S/C23H27N3O2/c27-21(16-20-8-4-12-24-17-20)26-15-11-23(18-26)10-5-13-25(22(23)28)14-9-19-6-2-1-3-7-19/h1-4,6-8,12,17H,5,9-11,13-16,18H2/t23-/m0/s1. The molecule has 1 aromatic heterocycles. The van der Waals surface area contributed by atoms with Crippen LogP contribution in [0.3, 0.4) is 0 Å². The minimum atomic E-state index is -0.375. The van der Waals surface area contributed by atoms with Gasteiger partial charge in [-0.1, -0.05) is 36.4 Å². The smallest absolute Gasteiger partial charge is 0.230 e. The van der Waals surface area contributed by atoms with Gasteiger partial charge in [0, 0.05) is 38.6 Å². The number of likely N-dealkylation sites (tertiary alicyclic amines) is 2.